The first kappa shape index (κ1) is 71.6. The Morgan fingerprint density at radius 2 is 0.608 bits per heavy atom. The number of nitrogens with one attached hydrogen (secondary N) is 1. The third kappa shape index (κ3) is 60.4. The lowest BCUT2D eigenvalue weighted by Crippen LogP contribution is -2.45. The summed E-state index contributed by atoms with van der Waals surface area (Å²) in [4.78, 5) is 12.5. The molecule has 0 rings (SSSR count). The molecule has 0 heterocycles. The zero-order chi connectivity index (χ0) is 53.4. The van der Waals surface area contributed by atoms with Gasteiger partial charge in [-0.05, 0) is 77.0 Å². The van der Waals surface area contributed by atoms with Gasteiger partial charge in [-0.25, -0.2) is 0 Å². The molecule has 4 heteroatoms. The van der Waals surface area contributed by atoms with Crippen LogP contribution in [-0.4, -0.2) is 34.9 Å². The largest absolute Gasteiger partial charge is 0.394 e. The number of aliphatic hydroxyl groups is 2. The first-order valence-electron chi connectivity index (χ1n) is 32.8. The molecule has 0 aliphatic heterocycles. The minimum Gasteiger partial charge on any atom is -0.394 e. The van der Waals surface area contributed by atoms with Crippen LogP contribution >= 0.6 is 0 Å². The van der Waals surface area contributed by atoms with Crippen molar-refractivity contribution < 1.29 is 15.0 Å². The maximum atomic E-state index is 12.5. The molecular formula is C70H127NO3. The van der Waals surface area contributed by atoms with E-state index in [2.05, 4.69) is 92.1 Å². The molecule has 0 aromatic rings. The van der Waals surface area contributed by atoms with E-state index in [1.54, 1.807) is 6.08 Å². The maximum absolute atomic E-state index is 12.5. The monoisotopic (exact) mass is 1030 g/mol. The lowest BCUT2D eigenvalue weighted by molar-refractivity contribution is -0.123. The molecule has 0 saturated heterocycles. The van der Waals surface area contributed by atoms with E-state index >= 15 is 0 Å². The van der Waals surface area contributed by atoms with Gasteiger partial charge >= 0.3 is 0 Å². The van der Waals surface area contributed by atoms with E-state index in [1.165, 1.54) is 250 Å². The lowest BCUT2D eigenvalue weighted by Gasteiger charge is -2.19. The molecule has 0 aliphatic rings. The summed E-state index contributed by atoms with van der Waals surface area (Å²) in [6.07, 6.45) is 95.1. The van der Waals surface area contributed by atoms with E-state index in [0.29, 0.717) is 6.42 Å². The SMILES string of the molecule is CC/C=C\C/C=C\C/C=C\C/C=C\C/C=C\CCCCCCCCCCCCCCCCCCCC(=O)NC(CO)C(O)/C=C/CC/C=C/CCCCCCCCCCCCCCCCCCCCCCCCC. The highest BCUT2D eigenvalue weighted by Gasteiger charge is 2.18. The Hall–Kier alpha value is -2.43. The predicted octanol–water partition coefficient (Wildman–Crippen LogP) is 22.3. The van der Waals surface area contributed by atoms with Gasteiger partial charge in [0.15, 0.2) is 0 Å². The number of rotatable bonds is 60. The van der Waals surface area contributed by atoms with Crippen LogP contribution in [0.3, 0.4) is 0 Å². The molecule has 0 aliphatic carbocycles. The van der Waals surface area contributed by atoms with Gasteiger partial charge in [-0.15, -0.1) is 0 Å². The van der Waals surface area contributed by atoms with Crippen LogP contribution in [0.2, 0.25) is 0 Å². The molecule has 2 unspecified atom stereocenters. The van der Waals surface area contributed by atoms with Gasteiger partial charge in [-0.2, -0.15) is 0 Å². The first-order valence-corrected chi connectivity index (χ1v) is 32.8. The molecule has 0 fully saturated rings. The number of aliphatic hydroxyl groups excluding tert-OH is 2. The van der Waals surface area contributed by atoms with E-state index in [4.69, 9.17) is 0 Å². The second kappa shape index (κ2) is 64.9. The third-order valence-electron chi connectivity index (χ3n) is 14.9. The highest BCUT2D eigenvalue weighted by Crippen LogP contribution is 2.18. The van der Waals surface area contributed by atoms with E-state index in [1.807, 2.05) is 6.08 Å². The number of unbranched alkanes of at least 4 members (excludes halogenated alkanes) is 41. The van der Waals surface area contributed by atoms with E-state index in [-0.39, 0.29) is 12.5 Å². The minimum absolute atomic E-state index is 0.0712. The summed E-state index contributed by atoms with van der Waals surface area (Å²) < 4.78 is 0. The average Bonchev–Trinajstić information content (AvgIpc) is 3.40. The Bertz CT molecular complexity index is 1310. The van der Waals surface area contributed by atoms with Gasteiger partial charge in [0.05, 0.1) is 18.8 Å². The van der Waals surface area contributed by atoms with Crippen LogP contribution in [0.5, 0.6) is 0 Å². The summed E-state index contributed by atoms with van der Waals surface area (Å²) in [6, 6.07) is -0.644. The molecule has 0 saturated carbocycles. The summed E-state index contributed by atoms with van der Waals surface area (Å²) in [5.74, 6) is -0.0712. The summed E-state index contributed by atoms with van der Waals surface area (Å²) in [5, 5.41) is 23.2. The number of carbonyl (C=O) groups is 1. The normalized spacial score (nSPS) is 13.3. The second-order valence-electron chi connectivity index (χ2n) is 22.1. The van der Waals surface area contributed by atoms with Crippen molar-refractivity contribution in [2.75, 3.05) is 6.61 Å². The van der Waals surface area contributed by atoms with Crippen molar-refractivity contribution in [3.8, 4) is 0 Å². The fraction of sp³-hybridized carbons (Fsp3) is 0.786. The van der Waals surface area contributed by atoms with Crippen molar-refractivity contribution in [1.29, 1.82) is 0 Å². The van der Waals surface area contributed by atoms with Crippen LogP contribution < -0.4 is 5.32 Å². The third-order valence-corrected chi connectivity index (χ3v) is 14.9. The quantitative estimate of drug-likeness (QED) is 0.0420. The Kier molecular flexibility index (Phi) is 62.7. The first-order chi connectivity index (χ1) is 36.7. The van der Waals surface area contributed by atoms with Crippen molar-refractivity contribution in [2.45, 2.75) is 347 Å². The number of hydrogen-bond donors (Lipinski definition) is 3. The fourth-order valence-corrected chi connectivity index (χ4v) is 9.93. The molecular weight excluding hydrogens is 903 g/mol. The van der Waals surface area contributed by atoms with Crippen LogP contribution in [-0.2, 0) is 4.79 Å². The van der Waals surface area contributed by atoms with Crippen LogP contribution in [0.25, 0.3) is 0 Å². The zero-order valence-corrected chi connectivity index (χ0v) is 49.6. The smallest absolute Gasteiger partial charge is 0.220 e. The summed E-state index contributed by atoms with van der Waals surface area (Å²) in [6.45, 7) is 4.21. The van der Waals surface area contributed by atoms with Crippen LogP contribution in [0.1, 0.15) is 335 Å². The molecule has 430 valence electrons. The molecule has 0 bridgehead atoms. The summed E-state index contributed by atoms with van der Waals surface area (Å²) in [7, 11) is 0. The van der Waals surface area contributed by atoms with Gasteiger partial charge in [0.25, 0.3) is 0 Å². The lowest BCUT2D eigenvalue weighted by atomic mass is 10.0. The molecule has 0 aromatic carbocycles. The Balaban J connectivity index is 3.50. The van der Waals surface area contributed by atoms with Crippen LogP contribution in [0, 0.1) is 0 Å². The van der Waals surface area contributed by atoms with Gasteiger partial charge in [-0.1, -0.05) is 336 Å². The maximum Gasteiger partial charge on any atom is 0.220 e. The number of amides is 1. The van der Waals surface area contributed by atoms with Crippen molar-refractivity contribution >= 4 is 5.91 Å². The van der Waals surface area contributed by atoms with Crippen LogP contribution in [0.4, 0.5) is 0 Å². The summed E-state index contributed by atoms with van der Waals surface area (Å²) >= 11 is 0. The van der Waals surface area contributed by atoms with E-state index < -0.39 is 12.1 Å². The standard InChI is InChI=1S/C70H127NO3/c1-3-5-7-9-11-13-15-17-19-21-23-25-27-29-31-33-34-35-36-38-40-42-44-46-48-50-52-54-56-58-60-62-64-66-70(74)71-68(67-72)69(73)65-63-61-59-57-55-53-51-49-47-45-43-41-39-37-32-30-28-26-24-22-20-18-16-14-12-10-8-6-4-2/h5,7,11,13,17,19,23,25,29,31,55,57,63,65,68-69,72-73H,3-4,6,8-10,12,14-16,18,20-22,24,26-28,30,32-54,56,58-62,64,66-67H2,1-2H3,(H,71,74)/b7-5-,13-11-,19-17-,25-23-,31-29-,57-55+,65-63+. The molecule has 0 radical (unpaired) electrons. The number of allylic oxidation sites excluding steroid dienone is 13. The Morgan fingerprint density at radius 1 is 0.338 bits per heavy atom. The second-order valence-corrected chi connectivity index (χ2v) is 22.1. The van der Waals surface area contributed by atoms with Crippen molar-refractivity contribution in [2.24, 2.45) is 0 Å². The molecule has 1 amide bonds. The number of hydrogen-bond acceptors (Lipinski definition) is 3. The number of carbonyl (C=O) groups excluding carboxylic acids is 1. The molecule has 0 aromatic heterocycles. The van der Waals surface area contributed by atoms with Gasteiger partial charge in [0, 0.05) is 6.42 Å². The Morgan fingerprint density at radius 3 is 0.946 bits per heavy atom. The predicted molar refractivity (Wildman–Crippen MR) is 331 cm³/mol. The highest BCUT2D eigenvalue weighted by molar-refractivity contribution is 5.76. The summed E-state index contributed by atoms with van der Waals surface area (Å²) in [5.41, 5.74) is 0. The van der Waals surface area contributed by atoms with Gasteiger partial charge in [0.2, 0.25) is 5.91 Å². The van der Waals surface area contributed by atoms with Crippen molar-refractivity contribution in [3.05, 3.63) is 85.1 Å². The van der Waals surface area contributed by atoms with Gasteiger partial charge in [-0.3, -0.25) is 4.79 Å². The van der Waals surface area contributed by atoms with Gasteiger partial charge < -0.3 is 15.5 Å². The van der Waals surface area contributed by atoms with Crippen molar-refractivity contribution in [1.82, 2.24) is 5.32 Å². The van der Waals surface area contributed by atoms with E-state index in [0.717, 1.165) is 64.2 Å². The molecule has 3 N–H and O–H groups in total. The average molecular weight is 1030 g/mol. The van der Waals surface area contributed by atoms with Gasteiger partial charge in [0.1, 0.15) is 0 Å². The van der Waals surface area contributed by atoms with E-state index in [9.17, 15) is 15.0 Å². The topological polar surface area (TPSA) is 69.6 Å². The van der Waals surface area contributed by atoms with Crippen molar-refractivity contribution in [3.63, 3.8) is 0 Å². The minimum atomic E-state index is -0.867. The molecule has 0 spiro atoms. The molecule has 74 heavy (non-hydrogen) atoms. The zero-order valence-electron chi connectivity index (χ0n) is 49.6. The van der Waals surface area contributed by atoms with Crippen LogP contribution in [0.15, 0.2) is 85.1 Å². The molecule has 4 nitrogen and oxygen atoms in total. The fourth-order valence-electron chi connectivity index (χ4n) is 9.93. The molecule has 2 atom stereocenters. The highest BCUT2D eigenvalue weighted by atomic mass is 16.3. The Labute approximate surface area is 462 Å².